The molecule has 2 aliphatic rings. The van der Waals surface area contributed by atoms with E-state index in [1.807, 2.05) is 0 Å². The van der Waals surface area contributed by atoms with E-state index in [-0.39, 0.29) is 34.9 Å². The molecule has 1 saturated carbocycles. The Morgan fingerprint density at radius 1 is 1.19 bits per heavy atom. The van der Waals surface area contributed by atoms with Crippen molar-refractivity contribution in [3.05, 3.63) is 29.6 Å². The van der Waals surface area contributed by atoms with Crippen molar-refractivity contribution in [3.8, 4) is 0 Å². The van der Waals surface area contributed by atoms with Crippen LogP contribution in [0.25, 0.3) is 0 Å². The Balaban J connectivity index is 1.75. The predicted molar refractivity (Wildman–Crippen MR) is 101 cm³/mol. The molecule has 150 valence electrons. The largest absolute Gasteiger partial charge is 0.339 e. The van der Waals surface area contributed by atoms with Gasteiger partial charge in [-0.25, -0.2) is 17.5 Å². The van der Waals surface area contributed by atoms with Crippen LogP contribution in [-0.2, 0) is 10.0 Å². The SMILES string of the molecule is NCC(NS(=O)(=O)c1ccc(C(=O)N2CCCC2)c(F)c1)C1CCCCC1. The maximum Gasteiger partial charge on any atom is 0.256 e. The Morgan fingerprint density at radius 2 is 1.85 bits per heavy atom. The summed E-state index contributed by atoms with van der Waals surface area (Å²) in [7, 11) is -3.90. The number of hydrogen-bond donors (Lipinski definition) is 2. The van der Waals surface area contributed by atoms with Gasteiger partial charge in [0.1, 0.15) is 5.82 Å². The van der Waals surface area contributed by atoms with E-state index in [1.54, 1.807) is 4.90 Å². The first-order valence-corrected chi connectivity index (χ1v) is 11.2. The molecule has 0 radical (unpaired) electrons. The molecule has 0 spiro atoms. The molecule has 2 fully saturated rings. The zero-order chi connectivity index (χ0) is 19.4. The number of nitrogens with one attached hydrogen (secondary N) is 1. The number of amides is 1. The lowest BCUT2D eigenvalue weighted by atomic mass is 9.84. The quantitative estimate of drug-likeness (QED) is 0.770. The van der Waals surface area contributed by atoms with Gasteiger partial charge in [0.2, 0.25) is 10.0 Å². The molecule has 8 heteroatoms. The van der Waals surface area contributed by atoms with E-state index in [0.29, 0.717) is 13.1 Å². The van der Waals surface area contributed by atoms with Crippen molar-refractivity contribution in [2.45, 2.75) is 55.9 Å². The lowest BCUT2D eigenvalue weighted by Crippen LogP contribution is -2.45. The minimum atomic E-state index is -3.90. The third-order valence-electron chi connectivity index (χ3n) is 5.65. The maximum absolute atomic E-state index is 14.5. The fourth-order valence-electron chi connectivity index (χ4n) is 4.07. The first kappa shape index (κ1) is 20.2. The summed E-state index contributed by atoms with van der Waals surface area (Å²) in [6.07, 6.45) is 7.02. The Kier molecular flexibility index (Phi) is 6.49. The average molecular weight is 398 g/mol. The number of nitrogens with zero attached hydrogens (tertiary/aromatic N) is 1. The van der Waals surface area contributed by atoms with Crippen LogP contribution in [0.3, 0.4) is 0 Å². The second-order valence-electron chi connectivity index (χ2n) is 7.50. The molecule has 1 atom stereocenters. The average Bonchev–Trinajstić information content (AvgIpc) is 3.21. The van der Waals surface area contributed by atoms with Gasteiger partial charge >= 0.3 is 0 Å². The van der Waals surface area contributed by atoms with Gasteiger partial charge in [-0.1, -0.05) is 19.3 Å². The minimum Gasteiger partial charge on any atom is -0.339 e. The summed E-state index contributed by atoms with van der Waals surface area (Å²) in [4.78, 5) is 13.8. The van der Waals surface area contributed by atoms with Gasteiger partial charge in [-0.2, -0.15) is 0 Å². The van der Waals surface area contributed by atoms with Gasteiger partial charge in [-0.3, -0.25) is 4.79 Å². The van der Waals surface area contributed by atoms with Gasteiger partial charge in [-0.05, 0) is 49.8 Å². The van der Waals surface area contributed by atoms with Gasteiger partial charge in [0.05, 0.1) is 10.5 Å². The monoisotopic (exact) mass is 397 g/mol. The molecule has 1 heterocycles. The van der Waals surface area contributed by atoms with Crippen LogP contribution in [0.1, 0.15) is 55.3 Å². The summed E-state index contributed by atoms with van der Waals surface area (Å²) in [5.41, 5.74) is 5.72. The van der Waals surface area contributed by atoms with Crippen LogP contribution in [0, 0.1) is 11.7 Å². The molecule has 1 aliphatic heterocycles. The molecule has 6 nitrogen and oxygen atoms in total. The van der Waals surface area contributed by atoms with Crippen LogP contribution in [0.4, 0.5) is 4.39 Å². The highest BCUT2D eigenvalue weighted by molar-refractivity contribution is 7.89. The van der Waals surface area contributed by atoms with Crippen LogP contribution < -0.4 is 10.5 Å². The molecule has 1 unspecified atom stereocenters. The minimum absolute atomic E-state index is 0.0847. The molecule has 1 aromatic carbocycles. The molecule has 27 heavy (non-hydrogen) atoms. The second-order valence-corrected chi connectivity index (χ2v) is 9.22. The summed E-state index contributed by atoms with van der Waals surface area (Å²) in [6.45, 7) is 1.43. The number of likely N-dealkylation sites (tertiary alicyclic amines) is 1. The fraction of sp³-hybridized carbons (Fsp3) is 0.632. The molecule has 1 aromatic rings. The van der Waals surface area contributed by atoms with Gasteiger partial charge in [0.15, 0.2) is 0 Å². The molecule has 3 rings (SSSR count). The van der Waals surface area contributed by atoms with E-state index >= 15 is 0 Å². The standard InChI is InChI=1S/C19H28FN3O3S/c20-17-12-15(8-9-16(17)19(24)23-10-4-5-11-23)27(25,26)22-18(13-21)14-6-2-1-3-7-14/h8-9,12,14,18,22H,1-7,10-11,13,21H2. The number of carbonyl (C=O) groups is 1. The molecular formula is C19H28FN3O3S. The molecule has 1 saturated heterocycles. The van der Waals surface area contributed by atoms with E-state index in [1.165, 1.54) is 12.1 Å². The van der Waals surface area contributed by atoms with Crippen LogP contribution >= 0.6 is 0 Å². The number of carbonyl (C=O) groups excluding carboxylic acids is 1. The number of halogens is 1. The first-order valence-electron chi connectivity index (χ1n) is 9.73. The van der Waals surface area contributed by atoms with Crippen molar-refractivity contribution in [2.24, 2.45) is 11.7 Å². The number of sulfonamides is 1. The number of rotatable bonds is 6. The highest BCUT2D eigenvalue weighted by Gasteiger charge is 2.29. The molecule has 3 N–H and O–H groups in total. The van der Waals surface area contributed by atoms with Gasteiger partial charge in [-0.15, -0.1) is 0 Å². The van der Waals surface area contributed by atoms with Crippen LogP contribution in [0.2, 0.25) is 0 Å². The Bertz CT molecular complexity index is 772. The zero-order valence-electron chi connectivity index (χ0n) is 15.5. The number of benzene rings is 1. The summed E-state index contributed by atoms with van der Waals surface area (Å²) >= 11 is 0. The zero-order valence-corrected chi connectivity index (χ0v) is 16.3. The molecule has 0 aromatic heterocycles. The highest BCUT2D eigenvalue weighted by atomic mass is 32.2. The lowest BCUT2D eigenvalue weighted by Gasteiger charge is -2.29. The van der Waals surface area contributed by atoms with Crippen LogP contribution in [0.5, 0.6) is 0 Å². The molecule has 0 bridgehead atoms. The van der Waals surface area contributed by atoms with Gasteiger partial charge in [0, 0.05) is 25.7 Å². The number of hydrogen-bond acceptors (Lipinski definition) is 4. The first-order chi connectivity index (χ1) is 12.9. The van der Waals surface area contributed by atoms with Crippen molar-refractivity contribution in [3.63, 3.8) is 0 Å². The van der Waals surface area contributed by atoms with E-state index < -0.39 is 15.8 Å². The van der Waals surface area contributed by atoms with Crippen molar-refractivity contribution >= 4 is 15.9 Å². The third kappa shape index (κ3) is 4.67. The van der Waals surface area contributed by atoms with Crippen LogP contribution in [0.15, 0.2) is 23.1 Å². The Hall–Kier alpha value is -1.51. The number of nitrogens with two attached hydrogens (primary N) is 1. The summed E-state index contributed by atoms with van der Waals surface area (Å²) < 4.78 is 42.5. The summed E-state index contributed by atoms with van der Waals surface area (Å²) in [5, 5.41) is 0. The molecule has 1 amide bonds. The van der Waals surface area contributed by atoms with E-state index in [9.17, 15) is 17.6 Å². The molecule has 1 aliphatic carbocycles. The lowest BCUT2D eigenvalue weighted by molar-refractivity contribution is 0.0788. The normalized spacial score (nSPS) is 20.0. The topological polar surface area (TPSA) is 92.5 Å². The van der Waals surface area contributed by atoms with Gasteiger partial charge in [0.25, 0.3) is 5.91 Å². The van der Waals surface area contributed by atoms with E-state index in [0.717, 1.165) is 51.0 Å². The summed E-state index contributed by atoms with van der Waals surface area (Å²) in [6, 6.07) is 3.13. The van der Waals surface area contributed by atoms with E-state index in [4.69, 9.17) is 5.73 Å². The molecular weight excluding hydrogens is 369 g/mol. The second kappa shape index (κ2) is 8.67. The Labute approximate surface area is 160 Å². The smallest absolute Gasteiger partial charge is 0.256 e. The predicted octanol–water partition coefficient (Wildman–Crippen LogP) is 2.25. The van der Waals surface area contributed by atoms with Crippen molar-refractivity contribution in [1.29, 1.82) is 0 Å². The Morgan fingerprint density at radius 3 is 2.44 bits per heavy atom. The van der Waals surface area contributed by atoms with Crippen molar-refractivity contribution in [1.82, 2.24) is 9.62 Å². The third-order valence-corrected chi connectivity index (χ3v) is 7.14. The van der Waals surface area contributed by atoms with Crippen LogP contribution in [-0.4, -0.2) is 44.9 Å². The maximum atomic E-state index is 14.5. The van der Waals surface area contributed by atoms with Crippen molar-refractivity contribution < 1.29 is 17.6 Å². The highest BCUT2D eigenvalue weighted by Crippen LogP contribution is 2.27. The van der Waals surface area contributed by atoms with Crippen molar-refractivity contribution in [2.75, 3.05) is 19.6 Å². The fourth-order valence-corrected chi connectivity index (χ4v) is 5.40. The summed E-state index contributed by atoms with van der Waals surface area (Å²) in [5.74, 6) is -0.986. The van der Waals surface area contributed by atoms with E-state index in [2.05, 4.69) is 4.72 Å². The van der Waals surface area contributed by atoms with Gasteiger partial charge < -0.3 is 10.6 Å².